The van der Waals surface area contributed by atoms with Gasteiger partial charge in [0.05, 0.1) is 11.4 Å². The molecule has 0 aromatic carbocycles. The Hall–Kier alpha value is -1.31. The van der Waals surface area contributed by atoms with Gasteiger partial charge in [-0.05, 0) is 25.0 Å². The summed E-state index contributed by atoms with van der Waals surface area (Å²) in [5, 5.41) is 4.25. The van der Waals surface area contributed by atoms with Crippen LogP contribution in [-0.4, -0.2) is 9.78 Å². The summed E-state index contributed by atoms with van der Waals surface area (Å²) in [5.41, 5.74) is 1.92. The zero-order chi connectivity index (χ0) is 11.8. The van der Waals surface area contributed by atoms with E-state index >= 15 is 0 Å². The molecule has 2 nitrogen and oxygen atoms in total. The lowest BCUT2D eigenvalue weighted by atomic mass is 10.2. The Kier molecular flexibility index (Phi) is 6.43. The smallest absolute Gasteiger partial charge is 0.0598 e. The van der Waals surface area contributed by atoms with E-state index in [1.807, 2.05) is 39.1 Å². The van der Waals surface area contributed by atoms with Gasteiger partial charge in [0.1, 0.15) is 0 Å². The first-order chi connectivity index (χ1) is 7.09. The molecule has 1 aromatic heterocycles. The zero-order valence-corrected chi connectivity index (χ0v) is 10.5. The molecule has 0 radical (unpaired) electrons. The zero-order valence-electron chi connectivity index (χ0n) is 10.5. The molecule has 0 fully saturated rings. The summed E-state index contributed by atoms with van der Waals surface area (Å²) in [7, 11) is 0. The quantitative estimate of drug-likeness (QED) is 0.686. The first-order valence-corrected chi connectivity index (χ1v) is 5.49. The first-order valence-electron chi connectivity index (χ1n) is 5.49. The first kappa shape index (κ1) is 13.7. The minimum Gasteiger partial charge on any atom is -0.241 e. The normalized spacial score (nSPS) is 10.3. The van der Waals surface area contributed by atoms with Crippen LogP contribution in [0.25, 0.3) is 5.70 Å². The van der Waals surface area contributed by atoms with Gasteiger partial charge in [-0.3, -0.25) is 0 Å². The van der Waals surface area contributed by atoms with Crippen LogP contribution in [0.3, 0.4) is 0 Å². The van der Waals surface area contributed by atoms with E-state index in [1.54, 1.807) is 4.68 Å². The van der Waals surface area contributed by atoms with Crippen LogP contribution in [0.2, 0.25) is 0 Å². The summed E-state index contributed by atoms with van der Waals surface area (Å²) in [4.78, 5) is 0. The fourth-order valence-electron chi connectivity index (χ4n) is 0.955. The van der Waals surface area contributed by atoms with E-state index in [0.29, 0.717) is 5.92 Å². The van der Waals surface area contributed by atoms with Crippen molar-refractivity contribution in [1.29, 1.82) is 0 Å². The van der Waals surface area contributed by atoms with Gasteiger partial charge in [-0.1, -0.05) is 40.3 Å². The van der Waals surface area contributed by atoms with E-state index < -0.39 is 0 Å². The molecule has 2 heteroatoms. The van der Waals surface area contributed by atoms with Crippen molar-refractivity contribution in [3.63, 3.8) is 0 Å². The van der Waals surface area contributed by atoms with Crippen LogP contribution in [0.4, 0.5) is 0 Å². The Morgan fingerprint density at radius 2 is 2.07 bits per heavy atom. The van der Waals surface area contributed by atoms with Crippen LogP contribution in [0.15, 0.2) is 31.0 Å². The average Bonchev–Trinajstić information content (AvgIpc) is 2.64. The number of aryl methyl sites for hydroxylation is 1. The SMILES string of the molecule is C=C(/C=C\C(C)C)n1ccc(C)n1.CC. The second-order valence-electron chi connectivity index (χ2n) is 3.50. The molecule has 84 valence electrons. The number of rotatable bonds is 3. The van der Waals surface area contributed by atoms with Crippen molar-refractivity contribution in [3.8, 4) is 0 Å². The minimum atomic E-state index is 0.549. The topological polar surface area (TPSA) is 17.8 Å². The lowest BCUT2D eigenvalue weighted by Gasteiger charge is -2.00. The molecule has 0 N–H and O–H groups in total. The Balaban J connectivity index is 0.000000921. The van der Waals surface area contributed by atoms with E-state index in [4.69, 9.17) is 0 Å². The predicted molar refractivity (Wildman–Crippen MR) is 67.6 cm³/mol. The van der Waals surface area contributed by atoms with Gasteiger partial charge in [0.15, 0.2) is 0 Å². The Labute approximate surface area is 93.3 Å². The third-order valence-corrected chi connectivity index (χ3v) is 1.69. The molecule has 0 saturated carbocycles. The van der Waals surface area contributed by atoms with Gasteiger partial charge < -0.3 is 0 Å². The summed E-state index contributed by atoms with van der Waals surface area (Å²) in [5.74, 6) is 0.549. The molecule has 0 saturated heterocycles. The highest BCUT2D eigenvalue weighted by atomic mass is 15.3. The second kappa shape index (κ2) is 7.04. The highest BCUT2D eigenvalue weighted by molar-refractivity contribution is 5.52. The number of nitrogens with zero attached hydrogens (tertiary/aromatic N) is 2. The highest BCUT2D eigenvalue weighted by Gasteiger charge is 1.94. The molecule has 0 aliphatic heterocycles. The Morgan fingerprint density at radius 3 is 2.47 bits per heavy atom. The van der Waals surface area contributed by atoms with Crippen LogP contribution in [0, 0.1) is 12.8 Å². The fraction of sp³-hybridized carbons (Fsp3) is 0.462. The number of hydrogen-bond donors (Lipinski definition) is 0. The molecule has 0 unspecified atom stereocenters. The van der Waals surface area contributed by atoms with Gasteiger partial charge in [-0.15, -0.1) is 0 Å². The van der Waals surface area contributed by atoms with Crippen molar-refractivity contribution in [3.05, 3.63) is 36.7 Å². The third-order valence-electron chi connectivity index (χ3n) is 1.69. The van der Waals surface area contributed by atoms with Crippen molar-refractivity contribution < 1.29 is 0 Å². The van der Waals surface area contributed by atoms with Gasteiger partial charge in [-0.25, -0.2) is 4.68 Å². The highest BCUT2D eigenvalue weighted by Crippen LogP contribution is 2.05. The van der Waals surface area contributed by atoms with Crippen LogP contribution < -0.4 is 0 Å². The summed E-state index contributed by atoms with van der Waals surface area (Å²) in [6, 6.07) is 1.97. The molecule has 0 atom stereocenters. The summed E-state index contributed by atoms with van der Waals surface area (Å²) < 4.78 is 1.79. The summed E-state index contributed by atoms with van der Waals surface area (Å²) in [6.45, 7) is 14.2. The van der Waals surface area contributed by atoms with Crippen molar-refractivity contribution in [1.82, 2.24) is 9.78 Å². The largest absolute Gasteiger partial charge is 0.241 e. The Bertz CT molecular complexity index is 319. The van der Waals surface area contributed by atoms with Crippen LogP contribution in [0.1, 0.15) is 33.4 Å². The molecule has 0 spiro atoms. The maximum Gasteiger partial charge on any atom is 0.0598 e. The van der Waals surface area contributed by atoms with Gasteiger partial charge in [0.2, 0.25) is 0 Å². The van der Waals surface area contributed by atoms with Crippen LogP contribution in [0.5, 0.6) is 0 Å². The molecule has 0 aliphatic rings. The minimum absolute atomic E-state index is 0.549. The second-order valence-corrected chi connectivity index (χ2v) is 3.50. The van der Waals surface area contributed by atoms with Crippen molar-refractivity contribution in [2.45, 2.75) is 34.6 Å². The molecule has 0 bridgehead atoms. The maximum atomic E-state index is 4.25. The molecule has 1 heterocycles. The van der Waals surface area contributed by atoms with Gasteiger partial charge in [0, 0.05) is 6.20 Å². The Morgan fingerprint density at radius 1 is 1.47 bits per heavy atom. The standard InChI is InChI=1S/C11H16N2.C2H6/c1-9(2)5-6-11(4)13-8-7-10(3)12-13;1-2/h5-9H,4H2,1-3H3;1-2H3/b6-5-;. The van der Waals surface area contributed by atoms with Crippen molar-refractivity contribution in [2.75, 3.05) is 0 Å². The molecule has 15 heavy (non-hydrogen) atoms. The third kappa shape index (κ3) is 5.21. The predicted octanol–water partition coefficient (Wildman–Crippen LogP) is 3.90. The van der Waals surface area contributed by atoms with Crippen LogP contribution >= 0.6 is 0 Å². The van der Waals surface area contributed by atoms with Gasteiger partial charge in [-0.2, -0.15) is 5.10 Å². The number of aromatic nitrogens is 2. The number of allylic oxidation sites excluding steroid dienone is 3. The number of hydrogen-bond acceptors (Lipinski definition) is 1. The van der Waals surface area contributed by atoms with Crippen LogP contribution in [-0.2, 0) is 0 Å². The lowest BCUT2D eigenvalue weighted by Crippen LogP contribution is -1.94. The molecule has 1 aromatic rings. The molecule has 0 aliphatic carbocycles. The maximum absolute atomic E-state index is 4.25. The monoisotopic (exact) mass is 206 g/mol. The van der Waals surface area contributed by atoms with Crippen molar-refractivity contribution >= 4 is 5.70 Å². The van der Waals surface area contributed by atoms with Crippen molar-refractivity contribution in [2.24, 2.45) is 5.92 Å². The lowest BCUT2D eigenvalue weighted by molar-refractivity contribution is 0.827. The fourth-order valence-corrected chi connectivity index (χ4v) is 0.955. The van der Waals surface area contributed by atoms with E-state index in [9.17, 15) is 0 Å². The van der Waals surface area contributed by atoms with E-state index in [0.717, 1.165) is 11.4 Å². The van der Waals surface area contributed by atoms with E-state index in [-0.39, 0.29) is 0 Å². The summed E-state index contributed by atoms with van der Waals surface area (Å²) in [6.07, 6.45) is 6.03. The average molecular weight is 206 g/mol. The molecule has 1 rings (SSSR count). The van der Waals surface area contributed by atoms with E-state index in [2.05, 4.69) is 31.6 Å². The van der Waals surface area contributed by atoms with Gasteiger partial charge in [0.25, 0.3) is 0 Å². The molecule has 0 amide bonds. The van der Waals surface area contributed by atoms with Gasteiger partial charge >= 0.3 is 0 Å². The summed E-state index contributed by atoms with van der Waals surface area (Å²) >= 11 is 0. The molecular formula is C13H22N2. The molecular weight excluding hydrogens is 184 g/mol. The van der Waals surface area contributed by atoms with E-state index in [1.165, 1.54) is 0 Å².